The van der Waals surface area contributed by atoms with Crippen LogP contribution in [-0.4, -0.2) is 9.55 Å². The molecule has 0 bridgehead atoms. The maximum atomic E-state index is 13.9. The molecule has 2 N–H and O–H groups in total. The van der Waals surface area contributed by atoms with Gasteiger partial charge in [0.15, 0.2) is 11.6 Å². The van der Waals surface area contributed by atoms with Crippen molar-refractivity contribution in [3.05, 3.63) is 35.7 Å². The van der Waals surface area contributed by atoms with E-state index in [4.69, 9.17) is 5.73 Å². The molecule has 1 aromatic heterocycles. The standard InChI is InChI=1S/C15H17F2N3/c1-20-14(18)13(10-7-4-8-11(16)12(10)17)19-15(20)9-5-2-3-6-9/h4,7-9H,2-3,5-6,18H2,1H3. The summed E-state index contributed by atoms with van der Waals surface area (Å²) in [6.45, 7) is 0. The summed E-state index contributed by atoms with van der Waals surface area (Å²) in [5.74, 6) is -0.145. The van der Waals surface area contributed by atoms with Crippen molar-refractivity contribution in [3.63, 3.8) is 0 Å². The van der Waals surface area contributed by atoms with Gasteiger partial charge in [0.1, 0.15) is 17.3 Å². The van der Waals surface area contributed by atoms with Gasteiger partial charge in [-0.15, -0.1) is 0 Å². The molecule has 106 valence electrons. The van der Waals surface area contributed by atoms with Crippen LogP contribution in [0.5, 0.6) is 0 Å². The van der Waals surface area contributed by atoms with Crippen molar-refractivity contribution in [2.24, 2.45) is 7.05 Å². The number of imidazole rings is 1. The molecule has 20 heavy (non-hydrogen) atoms. The lowest BCUT2D eigenvalue weighted by Gasteiger charge is -2.08. The fourth-order valence-corrected chi connectivity index (χ4v) is 2.96. The van der Waals surface area contributed by atoms with Crippen LogP contribution in [0.1, 0.15) is 37.4 Å². The Hall–Kier alpha value is -1.91. The van der Waals surface area contributed by atoms with E-state index >= 15 is 0 Å². The normalized spacial score (nSPS) is 15.9. The molecule has 5 heteroatoms. The molecule has 1 fully saturated rings. The summed E-state index contributed by atoms with van der Waals surface area (Å²) in [4.78, 5) is 4.49. The molecule has 0 aliphatic heterocycles. The van der Waals surface area contributed by atoms with Gasteiger partial charge in [-0.2, -0.15) is 0 Å². The number of nitrogens with two attached hydrogens (primary N) is 1. The van der Waals surface area contributed by atoms with E-state index in [1.165, 1.54) is 25.0 Å². The molecule has 1 aliphatic carbocycles. The van der Waals surface area contributed by atoms with Crippen LogP contribution in [-0.2, 0) is 7.05 Å². The molecule has 1 aromatic carbocycles. The topological polar surface area (TPSA) is 43.8 Å². The predicted octanol–water partition coefficient (Wildman–Crippen LogP) is 3.61. The Bertz CT molecular complexity index is 643. The second kappa shape index (κ2) is 4.89. The third-order valence-corrected chi connectivity index (χ3v) is 4.10. The van der Waals surface area contributed by atoms with E-state index in [9.17, 15) is 8.78 Å². The number of benzene rings is 1. The minimum Gasteiger partial charge on any atom is -0.383 e. The summed E-state index contributed by atoms with van der Waals surface area (Å²) >= 11 is 0. The molecule has 0 atom stereocenters. The van der Waals surface area contributed by atoms with Gasteiger partial charge in [-0.25, -0.2) is 13.8 Å². The largest absolute Gasteiger partial charge is 0.383 e. The zero-order valence-corrected chi connectivity index (χ0v) is 11.4. The summed E-state index contributed by atoms with van der Waals surface area (Å²) < 4.78 is 29.1. The Balaban J connectivity index is 2.10. The van der Waals surface area contributed by atoms with Gasteiger partial charge >= 0.3 is 0 Å². The van der Waals surface area contributed by atoms with Gasteiger partial charge in [0, 0.05) is 18.5 Å². The number of nitrogens with zero attached hydrogens (tertiary/aromatic N) is 2. The molecule has 0 spiro atoms. The van der Waals surface area contributed by atoms with Crippen LogP contribution in [0.4, 0.5) is 14.6 Å². The van der Waals surface area contributed by atoms with Crippen molar-refractivity contribution in [1.82, 2.24) is 9.55 Å². The van der Waals surface area contributed by atoms with Gasteiger partial charge in [-0.3, -0.25) is 0 Å². The number of rotatable bonds is 2. The fourth-order valence-electron chi connectivity index (χ4n) is 2.96. The van der Waals surface area contributed by atoms with Crippen molar-refractivity contribution in [3.8, 4) is 11.3 Å². The van der Waals surface area contributed by atoms with Crippen molar-refractivity contribution in [2.45, 2.75) is 31.6 Å². The number of aromatic nitrogens is 2. The zero-order valence-electron chi connectivity index (χ0n) is 11.4. The monoisotopic (exact) mass is 277 g/mol. The van der Waals surface area contributed by atoms with Crippen LogP contribution < -0.4 is 5.73 Å². The first-order chi connectivity index (χ1) is 9.59. The SMILES string of the molecule is Cn1c(C2CCCC2)nc(-c2cccc(F)c2F)c1N. The third kappa shape index (κ3) is 1.97. The minimum absolute atomic E-state index is 0.127. The van der Waals surface area contributed by atoms with Crippen LogP contribution >= 0.6 is 0 Å². The second-order valence-electron chi connectivity index (χ2n) is 5.35. The van der Waals surface area contributed by atoms with Crippen molar-refractivity contribution < 1.29 is 8.78 Å². The zero-order chi connectivity index (χ0) is 14.3. The molecule has 0 radical (unpaired) electrons. The molecule has 1 saturated carbocycles. The number of hydrogen-bond acceptors (Lipinski definition) is 2. The highest BCUT2D eigenvalue weighted by molar-refractivity contribution is 5.71. The third-order valence-electron chi connectivity index (χ3n) is 4.10. The van der Waals surface area contributed by atoms with E-state index < -0.39 is 11.6 Å². The molecule has 0 amide bonds. The first kappa shape index (κ1) is 13.1. The summed E-state index contributed by atoms with van der Waals surface area (Å²) in [5.41, 5.74) is 6.50. The van der Waals surface area contributed by atoms with Crippen LogP contribution in [0.3, 0.4) is 0 Å². The van der Waals surface area contributed by atoms with Crippen LogP contribution in [0.25, 0.3) is 11.3 Å². The highest BCUT2D eigenvalue weighted by Gasteiger charge is 2.25. The molecule has 1 heterocycles. The molecule has 2 aromatic rings. The van der Waals surface area contributed by atoms with Crippen molar-refractivity contribution in [1.29, 1.82) is 0 Å². The molecule has 3 nitrogen and oxygen atoms in total. The Labute approximate surface area is 116 Å². The highest BCUT2D eigenvalue weighted by Crippen LogP contribution is 2.37. The summed E-state index contributed by atoms with van der Waals surface area (Å²) in [6.07, 6.45) is 4.52. The average Bonchev–Trinajstić information content (AvgIpc) is 3.04. The van der Waals surface area contributed by atoms with Gasteiger partial charge in [-0.1, -0.05) is 18.9 Å². The molecule has 3 rings (SSSR count). The number of halogens is 2. The summed E-state index contributed by atoms with van der Waals surface area (Å²) in [6, 6.07) is 4.07. The number of anilines is 1. The Morgan fingerprint density at radius 2 is 1.95 bits per heavy atom. The van der Waals surface area contributed by atoms with Crippen molar-refractivity contribution in [2.75, 3.05) is 5.73 Å². The van der Waals surface area contributed by atoms with Crippen LogP contribution in [0, 0.1) is 11.6 Å². The molecule has 1 aliphatic rings. The van der Waals surface area contributed by atoms with Gasteiger partial charge in [0.25, 0.3) is 0 Å². The second-order valence-corrected chi connectivity index (χ2v) is 5.35. The van der Waals surface area contributed by atoms with E-state index in [1.54, 1.807) is 4.57 Å². The number of nitrogen functional groups attached to an aromatic ring is 1. The van der Waals surface area contributed by atoms with E-state index in [0.29, 0.717) is 17.4 Å². The van der Waals surface area contributed by atoms with Gasteiger partial charge < -0.3 is 10.3 Å². The molecule has 0 unspecified atom stereocenters. The first-order valence-corrected chi connectivity index (χ1v) is 6.86. The van der Waals surface area contributed by atoms with Gasteiger partial charge in [0.2, 0.25) is 0 Å². The average molecular weight is 277 g/mol. The first-order valence-electron chi connectivity index (χ1n) is 6.86. The molecular weight excluding hydrogens is 260 g/mol. The number of hydrogen-bond donors (Lipinski definition) is 1. The minimum atomic E-state index is -0.893. The summed E-state index contributed by atoms with van der Waals surface area (Å²) in [7, 11) is 1.83. The Morgan fingerprint density at radius 3 is 2.65 bits per heavy atom. The summed E-state index contributed by atoms with van der Waals surface area (Å²) in [5, 5.41) is 0. The van der Waals surface area contributed by atoms with E-state index in [1.807, 2.05) is 7.05 Å². The maximum Gasteiger partial charge on any atom is 0.168 e. The Morgan fingerprint density at radius 1 is 1.25 bits per heavy atom. The Kier molecular flexibility index (Phi) is 3.20. The fraction of sp³-hybridized carbons (Fsp3) is 0.400. The quantitative estimate of drug-likeness (QED) is 0.911. The van der Waals surface area contributed by atoms with Crippen LogP contribution in [0.15, 0.2) is 18.2 Å². The van der Waals surface area contributed by atoms with Gasteiger partial charge in [-0.05, 0) is 25.0 Å². The van der Waals surface area contributed by atoms with Crippen LogP contribution in [0.2, 0.25) is 0 Å². The highest BCUT2D eigenvalue weighted by atomic mass is 19.2. The smallest absolute Gasteiger partial charge is 0.168 e. The molecular formula is C15H17F2N3. The van der Waals surface area contributed by atoms with E-state index in [-0.39, 0.29) is 5.56 Å². The molecule has 0 saturated heterocycles. The van der Waals surface area contributed by atoms with E-state index in [0.717, 1.165) is 24.7 Å². The lowest BCUT2D eigenvalue weighted by atomic mass is 10.1. The maximum absolute atomic E-state index is 13.9. The lowest BCUT2D eigenvalue weighted by molar-refractivity contribution is 0.511. The van der Waals surface area contributed by atoms with Gasteiger partial charge in [0.05, 0.1) is 0 Å². The lowest BCUT2D eigenvalue weighted by Crippen LogP contribution is -2.05. The van der Waals surface area contributed by atoms with Crippen molar-refractivity contribution >= 4 is 5.82 Å². The van der Waals surface area contributed by atoms with E-state index in [2.05, 4.69) is 4.98 Å². The predicted molar refractivity (Wildman–Crippen MR) is 74.2 cm³/mol.